The fraction of sp³-hybridized carbons (Fsp3) is 0.619. The number of aromatic nitrogens is 2. The van der Waals surface area contributed by atoms with E-state index in [-0.39, 0.29) is 0 Å². The van der Waals surface area contributed by atoms with E-state index in [2.05, 4.69) is 21.8 Å². The Kier molecular flexibility index (Phi) is 7.43. The summed E-state index contributed by atoms with van der Waals surface area (Å²) in [6, 6.07) is 2.05. The molecular weight excluding hydrogens is 358 g/mol. The second-order valence-corrected chi connectivity index (χ2v) is 7.68. The van der Waals surface area contributed by atoms with E-state index in [0.29, 0.717) is 26.3 Å². The summed E-state index contributed by atoms with van der Waals surface area (Å²) in [6.07, 6.45) is 0.992. The molecule has 0 aromatic carbocycles. The third-order valence-corrected chi connectivity index (χ3v) is 4.25. The molecule has 1 amide bonds. The summed E-state index contributed by atoms with van der Waals surface area (Å²) in [7, 11) is 0. The Morgan fingerprint density at radius 3 is 2.43 bits per heavy atom. The summed E-state index contributed by atoms with van der Waals surface area (Å²) in [6.45, 7) is 15.5. The Labute approximate surface area is 167 Å². The highest BCUT2D eigenvalue weighted by atomic mass is 16.7. The lowest BCUT2D eigenvalue weighted by Gasteiger charge is -2.22. The zero-order valence-electron chi connectivity index (χ0n) is 18.1. The molecular formula is C21H33N3O4. The predicted molar refractivity (Wildman–Crippen MR) is 109 cm³/mol. The molecule has 0 radical (unpaired) electrons. The van der Waals surface area contributed by atoms with Gasteiger partial charge in [-0.3, -0.25) is 4.98 Å². The molecule has 0 spiro atoms. The van der Waals surface area contributed by atoms with E-state index in [4.69, 9.17) is 14.2 Å². The van der Waals surface area contributed by atoms with Crippen LogP contribution in [0.25, 0.3) is 10.9 Å². The number of nitrogens with zero attached hydrogens (tertiary/aromatic N) is 2. The summed E-state index contributed by atoms with van der Waals surface area (Å²) < 4.78 is 19.2. The highest BCUT2D eigenvalue weighted by Crippen LogP contribution is 2.32. The molecule has 7 nitrogen and oxygen atoms in total. The largest absolute Gasteiger partial charge is 0.444 e. The Bertz CT molecular complexity index is 802. The molecule has 2 rings (SSSR count). The lowest BCUT2D eigenvalue weighted by Crippen LogP contribution is -2.34. The smallest absolute Gasteiger partial charge is 0.407 e. The second kappa shape index (κ2) is 9.39. The highest BCUT2D eigenvalue weighted by molar-refractivity contribution is 5.85. The fourth-order valence-corrected chi connectivity index (χ4v) is 3.17. The van der Waals surface area contributed by atoms with E-state index in [0.717, 1.165) is 27.9 Å². The maximum absolute atomic E-state index is 12.0. The Balaban J connectivity index is 2.34. The van der Waals surface area contributed by atoms with Crippen molar-refractivity contribution in [3.8, 4) is 0 Å². The van der Waals surface area contributed by atoms with Crippen LogP contribution in [0.4, 0.5) is 4.79 Å². The lowest BCUT2D eigenvalue weighted by molar-refractivity contribution is -0.144. The van der Waals surface area contributed by atoms with Crippen LogP contribution in [0.5, 0.6) is 0 Å². The quantitative estimate of drug-likeness (QED) is 0.681. The fourth-order valence-electron chi connectivity index (χ4n) is 3.17. The van der Waals surface area contributed by atoms with Gasteiger partial charge in [-0.1, -0.05) is 0 Å². The van der Waals surface area contributed by atoms with Crippen LogP contribution in [0.15, 0.2) is 12.3 Å². The highest BCUT2D eigenvalue weighted by Gasteiger charge is 2.24. The number of rotatable bonds is 8. The number of amides is 1. The molecule has 0 atom stereocenters. The van der Waals surface area contributed by atoms with Crippen molar-refractivity contribution >= 4 is 17.0 Å². The zero-order chi connectivity index (χ0) is 20.9. The summed E-state index contributed by atoms with van der Waals surface area (Å²) in [5, 5.41) is 3.88. The molecule has 156 valence electrons. The van der Waals surface area contributed by atoms with Crippen molar-refractivity contribution in [2.45, 2.75) is 66.9 Å². The van der Waals surface area contributed by atoms with Gasteiger partial charge in [0, 0.05) is 43.6 Å². The van der Waals surface area contributed by atoms with Crippen molar-refractivity contribution in [2.75, 3.05) is 19.8 Å². The maximum Gasteiger partial charge on any atom is 0.407 e. The third-order valence-electron chi connectivity index (χ3n) is 4.25. The van der Waals surface area contributed by atoms with Gasteiger partial charge in [-0.2, -0.15) is 0 Å². The molecule has 2 heterocycles. The average Bonchev–Trinajstić information content (AvgIpc) is 2.85. The van der Waals surface area contributed by atoms with Gasteiger partial charge >= 0.3 is 6.09 Å². The topological polar surface area (TPSA) is 74.6 Å². The van der Waals surface area contributed by atoms with Crippen LogP contribution in [-0.4, -0.2) is 41.0 Å². The number of hydrogen-bond acceptors (Lipinski definition) is 5. The summed E-state index contributed by atoms with van der Waals surface area (Å²) in [5.74, 6) is 0. The number of alkyl carbamates (subject to hydrolysis) is 1. The first kappa shape index (κ1) is 22.2. The number of aryl methyl sites for hydroxylation is 2. The summed E-state index contributed by atoms with van der Waals surface area (Å²) >= 11 is 0. The summed E-state index contributed by atoms with van der Waals surface area (Å²) in [5.41, 5.74) is 3.49. The van der Waals surface area contributed by atoms with Crippen molar-refractivity contribution in [2.24, 2.45) is 0 Å². The van der Waals surface area contributed by atoms with Gasteiger partial charge in [0.1, 0.15) is 5.60 Å². The molecule has 0 aliphatic rings. The first-order valence-electron chi connectivity index (χ1n) is 9.83. The number of ether oxygens (including phenoxy) is 3. The van der Waals surface area contributed by atoms with Gasteiger partial charge in [-0.15, -0.1) is 0 Å². The first-order valence-corrected chi connectivity index (χ1v) is 9.83. The maximum atomic E-state index is 12.0. The molecule has 2 aromatic heterocycles. The van der Waals surface area contributed by atoms with Crippen molar-refractivity contribution in [1.29, 1.82) is 0 Å². The van der Waals surface area contributed by atoms with Gasteiger partial charge in [-0.25, -0.2) is 4.79 Å². The molecule has 2 aromatic rings. The van der Waals surface area contributed by atoms with E-state index in [1.54, 1.807) is 0 Å². The minimum Gasteiger partial charge on any atom is -0.444 e. The van der Waals surface area contributed by atoms with Gasteiger partial charge in [-0.05, 0) is 60.1 Å². The molecule has 0 bridgehead atoms. The Morgan fingerprint density at radius 2 is 1.86 bits per heavy atom. The van der Waals surface area contributed by atoms with Gasteiger partial charge in [0.05, 0.1) is 11.2 Å². The molecule has 0 unspecified atom stereocenters. The number of nitrogens with one attached hydrogen (secondary N) is 1. The standard InChI is InChI=1S/C21H33N3O4/c1-8-26-19(27-9-2)18-15(4)16-13-23-14(3)12-17(16)24(18)11-10-22-20(25)28-21(5,6)7/h12-13,19H,8-11H2,1-7H3,(H,22,25). The number of pyridine rings is 1. The van der Waals surface area contributed by atoms with E-state index < -0.39 is 18.0 Å². The van der Waals surface area contributed by atoms with E-state index in [1.165, 1.54) is 0 Å². The number of fused-ring (bicyclic) bond motifs is 1. The minimum absolute atomic E-state index is 0.425. The van der Waals surface area contributed by atoms with Crippen molar-refractivity contribution in [1.82, 2.24) is 14.9 Å². The molecule has 7 heteroatoms. The first-order chi connectivity index (χ1) is 13.2. The minimum atomic E-state index is -0.524. The number of carbonyl (C=O) groups is 1. The third kappa shape index (κ3) is 5.45. The predicted octanol–water partition coefficient (Wildman–Crippen LogP) is 4.25. The van der Waals surface area contributed by atoms with Crippen molar-refractivity contribution < 1.29 is 19.0 Å². The SMILES string of the molecule is CCOC(OCC)c1c(C)c2cnc(C)cc2n1CCNC(=O)OC(C)(C)C. The molecule has 0 fully saturated rings. The van der Waals surface area contributed by atoms with E-state index >= 15 is 0 Å². The Morgan fingerprint density at radius 1 is 1.21 bits per heavy atom. The Hall–Kier alpha value is -2.12. The monoisotopic (exact) mass is 391 g/mol. The van der Waals surface area contributed by atoms with Crippen molar-refractivity contribution in [3.05, 3.63) is 29.2 Å². The van der Waals surface area contributed by atoms with Gasteiger partial charge in [0.2, 0.25) is 0 Å². The second-order valence-electron chi connectivity index (χ2n) is 7.68. The normalized spacial score (nSPS) is 12.0. The lowest BCUT2D eigenvalue weighted by atomic mass is 10.2. The molecule has 28 heavy (non-hydrogen) atoms. The van der Waals surface area contributed by atoms with Crippen LogP contribution in [0.3, 0.4) is 0 Å². The molecule has 0 aliphatic carbocycles. The van der Waals surface area contributed by atoms with Gasteiger partial charge in [0.15, 0.2) is 6.29 Å². The van der Waals surface area contributed by atoms with Crippen molar-refractivity contribution in [3.63, 3.8) is 0 Å². The number of carbonyl (C=O) groups excluding carboxylic acids is 1. The van der Waals surface area contributed by atoms with Crippen LogP contribution >= 0.6 is 0 Å². The molecule has 1 N–H and O–H groups in total. The van der Waals surface area contributed by atoms with Crippen LogP contribution < -0.4 is 5.32 Å². The molecule has 0 saturated carbocycles. The van der Waals surface area contributed by atoms with Crippen LogP contribution in [0, 0.1) is 13.8 Å². The molecule has 0 saturated heterocycles. The van der Waals surface area contributed by atoms with Gasteiger partial charge in [0.25, 0.3) is 0 Å². The average molecular weight is 392 g/mol. The van der Waals surface area contributed by atoms with E-state index in [9.17, 15) is 4.79 Å². The molecule has 0 aliphatic heterocycles. The zero-order valence-corrected chi connectivity index (χ0v) is 18.1. The van der Waals surface area contributed by atoms with E-state index in [1.807, 2.05) is 53.8 Å². The summed E-state index contributed by atoms with van der Waals surface area (Å²) in [4.78, 5) is 16.4. The van der Waals surface area contributed by atoms with Crippen LogP contribution in [-0.2, 0) is 20.8 Å². The number of hydrogen-bond donors (Lipinski definition) is 1. The van der Waals surface area contributed by atoms with Crippen LogP contribution in [0.2, 0.25) is 0 Å². The van der Waals surface area contributed by atoms with Gasteiger partial charge < -0.3 is 24.1 Å². The van der Waals surface area contributed by atoms with Crippen LogP contribution in [0.1, 0.15) is 57.9 Å².